The van der Waals surface area contributed by atoms with E-state index in [1.54, 1.807) is 11.3 Å². The minimum absolute atomic E-state index is 0.0493. The van der Waals surface area contributed by atoms with Gasteiger partial charge in [-0.25, -0.2) is 4.98 Å². The van der Waals surface area contributed by atoms with Gasteiger partial charge in [-0.05, 0) is 56.9 Å². The minimum atomic E-state index is -0.0687. The van der Waals surface area contributed by atoms with E-state index in [-0.39, 0.29) is 11.6 Å². The smallest absolute Gasteiger partial charge is 0.259 e. The van der Waals surface area contributed by atoms with Crippen LogP contribution in [0.1, 0.15) is 61.0 Å². The largest absolute Gasteiger partial charge is 0.375 e. The predicted octanol–water partition coefficient (Wildman–Crippen LogP) is 5.51. The number of hydrogen-bond acceptors (Lipinski definition) is 4. The first kappa shape index (κ1) is 18.6. The van der Waals surface area contributed by atoms with Gasteiger partial charge >= 0.3 is 0 Å². The number of thiophene rings is 1. The van der Waals surface area contributed by atoms with Crippen LogP contribution >= 0.6 is 11.3 Å². The molecular formula is C21H27N3OS. The molecule has 4 nitrogen and oxygen atoms in total. The fourth-order valence-corrected chi connectivity index (χ4v) is 4.18. The van der Waals surface area contributed by atoms with E-state index in [0.29, 0.717) is 5.82 Å². The van der Waals surface area contributed by atoms with Gasteiger partial charge in [0.15, 0.2) is 0 Å². The molecule has 0 saturated carbocycles. The number of H-pyrrole nitrogens is 1. The van der Waals surface area contributed by atoms with Crippen molar-refractivity contribution in [2.45, 2.75) is 59.4 Å². The molecule has 5 heteroatoms. The van der Waals surface area contributed by atoms with E-state index >= 15 is 0 Å². The van der Waals surface area contributed by atoms with Gasteiger partial charge in [0, 0.05) is 10.6 Å². The van der Waals surface area contributed by atoms with Gasteiger partial charge in [0.2, 0.25) is 0 Å². The quantitative estimate of drug-likeness (QED) is 0.540. The Labute approximate surface area is 158 Å². The molecule has 138 valence electrons. The maximum absolute atomic E-state index is 12.4. The summed E-state index contributed by atoms with van der Waals surface area (Å²) >= 11 is 1.58. The Hall–Kier alpha value is -2.14. The lowest BCUT2D eigenvalue weighted by molar-refractivity contribution is 0.717. The van der Waals surface area contributed by atoms with Gasteiger partial charge in [-0.3, -0.25) is 4.79 Å². The van der Waals surface area contributed by atoms with E-state index in [1.165, 1.54) is 24.8 Å². The van der Waals surface area contributed by atoms with Gasteiger partial charge in [-0.2, -0.15) is 0 Å². The molecule has 2 aromatic heterocycles. The zero-order chi connectivity index (χ0) is 18.7. The molecule has 2 N–H and O–H groups in total. The highest BCUT2D eigenvalue weighted by Gasteiger charge is 2.15. The highest BCUT2D eigenvalue weighted by molar-refractivity contribution is 7.18. The lowest BCUT2D eigenvalue weighted by Crippen LogP contribution is -2.17. The van der Waals surface area contributed by atoms with Crippen LogP contribution in [-0.2, 0) is 6.42 Å². The van der Waals surface area contributed by atoms with Crippen molar-refractivity contribution in [2.75, 3.05) is 5.32 Å². The van der Waals surface area contributed by atoms with Gasteiger partial charge in [-0.1, -0.05) is 31.9 Å². The first-order chi connectivity index (χ1) is 12.5. The Morgan fingerprint density at radius 1 is 1.19 bits per heavy atom. The molecule has 0 unspecified atom stereocenters. The lowest BCUT2D eigenvalue weighted by Gasteiger charge is -2.15. The summed E-state index contributed by atoms with van der Waals surface area (Å²) in [6.07, 6.45) is 4.90. The van der Waals surface area contributed by atoms with Crippen LogP contribution in [0.5, 0.6) is 0 Å². The molecule has 0 bridgehead atoms. The van der Waals surface area contributed by atoms with E-state index < -0.39 is 0 Å². The van der Waals surface area contributed by atoms with Crippen molar-refractivity contribution in [1.82, 2.24) is 9.97 Å². The number of nitrogens with one attached hydrogen (secondary N) is 2. The van der Waals surface area contributed by atoms with Crippen molar-refractivity contribution in [2.24, 2.45) is 0 Å². The number of anilines is 1. The van der Waals surface area contributed by atoms with Crippen molar-refractivity contribution in [3.8, 4) is 0 Å². The number of rotatable bonds is 7. The van der Waals surface area contributed by atoms with Crippen LogP contribution in [-0.4, -0.2) is 9.97 Å². The van der Waals surface area contributed by atoms with Crippen LogP contribution in [0.2, 0.25) is 0 Å². The van der Waals surface area contributed by atoms with E-state index in [1.807, 2.05) is 20.8 Å². The SMILES string of the molecule is CCCCCc1ccc(N[C@H](C)c2nc3sc(C)c(C)c3c(=O)[nH]2)cc1. The highest BCUT2D eigenvalue weighted by atomic mass is 32.1. The fourth-order valence-electron chi connectivity index (χ4n) is 3.14. The van der Waals surface area contributed by atoms with Crippen molar-refractivity contribution in [1.29, 1.82) is 0 Å². The molecule has 3 rings (SSSR count). The van der Waals surface area contributed by atoms with E-state index in [9.17, 15) is 4.79 Å². The number of nitrogens with zero attached hydrogens (tertiary/aromatic N) is 1. The molecule has 1 aromatic carbocycles. The van der Waals surface area contributed by atoms with Gasteiger partial charge in [0.25, 0.3) is 5.56 Å². The summed E-state index contributed by atoms with van der Waals surface area (Å²) in [6.45, 7) is 8.26. The highest BCUT2D eigenvalue weighted by Crippen LogP contribution is 2.27. The molecule has 2 heterocycles. The van der Waals surface area contributed by atoms with E-state index in [0.717, 1.165) is 32.8 Å². The number of benzene rings is 1. The van der Waals surface area contributed by atoms with Gasteiger partial charge in [0.1, 0.15) is 10.7 Å². The maximum Gasteiger partial charge on any atom is 0.259 e. The normalized spacial score (nSPS) is 12.5. The topological polar surface area (TPSA) is 57.8 Å². The monoisotopic (exact) mass is 369 g/mol. The summed E-state index contributed by atoms with van der Waals surface area (Å²) in [5.74, 6) is 0.677. The Morgan fingerprint density at radius 3 is 2.62 bits per heavy atom. The number of aryl methyl sites for hydroxylation is 3. The number of hydrogen-bond donors (Lipinski definition) is 2. The standard InChI is InChI=1S/C21H27N3OS/c1-5-6-7-8-16-9-11-17(12-10-16)22-14(3)19-23-20(25)18-13(2)15(4)26-21(18)24-19/h9-12,14,22H,5-8H2,1-4H3,(H,23,24,25)/t14-/m1/s1. The second-order valence-electron chi connectivity index (χ2n) is 6.93. The Morgan fingerprint density at radius 2 is 1.92 bits per heavy atom. The zero-order valence-corrected chi connectivity index (χ0v) is 16.8. The van der Waals surface area contributed by atoms with E-state index in [2.05, 4.69) is 46.5 Å². The Kier molecular flexibility index (Phi) is 5.77. The molecule has 0 aliphatic rings. The number of aromatic amines is 1. The molecule has 1 atom stereocenters. The van der Waals surface area contributed by atoms with Crippen LogP contribution in [0, 0.1) is 13.8 Å². The summed E-state index contributed by atoms with van der Waals surface area (Å²) in [7, 11) is 0. The van der Waals surface area contributed by atoms with Crippen LogP contribution in [0.3, 0.4) is 0 Å². The third kappa shape index (κ3) is 3.98. The van der Waals surface area contributed by atoms with Crippen LogP contribution in [0.25, 0.3) is 10.2 Å². The molecule has 3 aromatic rings. The van der Waals surface area contributed by atoms with Gasteiger partial charge in [-0.15, -0.1) is 11.3 Å². The summed E-state index contributed by atoms with van der Waals surface area (Å²) in [5, 5.41) is 4.16. The maximum atomic E-state index is 12.4. The number of fused-ring (bicyclic) bond motifs is 1. The second-order valence-corrected chi connectivity index (χ2v) is 8.14. The summed E-state index contributed by atoms with van der Waals surface area (Å²) in [5.41, 5.74) is 3.39. The third-order valence-corrected chi connectivity index (χ3v) is 5.97. The van der Waals surface area contributed by atoms with E-state index in [4.69, 9.17) is 0 Å². The average Bonchev–Trinajstić information content (AvgIpc) is 2.91. The van der Waals surface area contributed by atoms with Crippen LogP contribution in [0.4, 0.5) is 5.69 Å². The van der Waals surface area contributed by atoms with Crippen molar-refractivity contribution in [3.05, 3.63) is 56.4 Å². The van der Waals surface area contributed by atoms with Crippen molar-refractivity contribution >= 4 is 27.2 Å². The molecule has 0 spiro atoms. The summed E-state index contributed by atoms with van der Waals surface area (Å²) in [4.78, 5) is 22.0. The first-order valence-corrected chi connectivity index (χ1v) is 10.2. The first-order valence-electron chi connectivity index (χ1n) is 9.35. The number of aromatic nitrogens is 2. The fraction of sp³-hybridized carbons (Fsp3) is 0.429. The van der Waals surface area contributed by atoms with Crippen molar-refractivity contribution < 1.29 is 0 Å². The van der Waals surface area contributed by atoms with Crippen LogP contribution in [0.15, 0.2) is 29.1 Å². The lowest BCUT2D eigenvalue weighted by atomic mass is 10.1. The average molecular weight is 370 g/mol. The molecule has 0 aliphatic carbocycles. The minimum Gasteiger partial charge on any atom is -0.375 e. The predicted molar refractivity (Wildman–Crippen MR) is 111 cm³/mol. The Bertz CT molecular complexity index is 940. The molecule has 0 radical (unpaired) electrons. The molecule has 26 heavy (non-hydrogen) atoms. The molecule has 0 aliphatic heterocycles. The second kappa shape index (κ2) is 8.04. The zero-order valence-electron chi connectivity index (χ0n) is 16.0. The summed E-state index contributed by atoms with van der Waals surface area (Å²) in [6, 6.07) is 8.49. The van der Waals surface area contributed by atoms with Gasteiger partial charge < -0.3 is 10.3 Å². The molecule has 0 saturated heterocycles. The third-order valence-electron chi connectivity index (χ3n) is 4.87. The van der Waals surface area contributed by atoms with Gasteiger partial charge in [0.05, 0.1) is 11.4 Å². The molecule has 0 amide bonds. The van der Waals surface area contributed by atoms with Crippen molar-refractivity contribution in [3.63, 3.8) is 0 Å². The number of unbranched alkanes of at least 4 members (excludes halogenated alkanes) is 2. The van der Waals surface area contributed by atoms with Crippen LogP contribution < -0.4 is 10.9 Å². The Balaban J connectivity index is 1.74. The summed E-state index contributed by atoms with van der Waals surface area (Å²) < 4.78 is 0. The molecule has 0 fully saturated rings. The molecular weight excluding hydrogens is 342 g/mol.